The Kier molecular flexibility index (Phi) is 4.58. The number of aromatic nitrogens is 4. The van der Waals surface area contributed by atoms with E-state index in [1.165, 1.54) is 11.3 Å². The van der Waals surface area contributed by atoms with Crippen molar-refractivity contribution in [3.63, 3.8) is 0 Å². The first-order valence-corrected chi connectivity index (χ1v) is 8.07. The topological polar surface area (TPSA) is 104 Å². The van der Waals surface area contributed by atoms with Gasteiger partial charge >= 0.3 is 6.09 Å². The number of primary amides is 1. The van der Waals surface area contributed by atoms with Crippen LogP contribution >= 0.6 is 27.3 Å². The minimum atomic E-state index is -0.898. The lowest BCUT2D eigenvalue weighted by Crippen LogP contribution is -2.16. The van der Waals surface area contributed by atoms with Crippen LogP contribution in [-0.4, -0.2) is 26.3 Å². The maximum absolute atomic E-state index is 10.7. The average Bonchev–Trinajstić information content (AvgIpc) is 2.98. The highest BCUT2D eigenvalue weighted by Crippen LogP contribution is 2.25. The molecule has 7 nitrogen and oxygen atoms in total. The molecule has 1 amide bonds. The standard InChI is InChI=1S/C14H10BrN5O2S/c15-9-2-3-10(17-7-9)5-12-19-20-13(23-12)8-1-4-11(18-6-8)22-14(16)21/h1-4,6-7H,5H2,(H2,16,21). The maximum Gasteiger partial charge on any atom is 0.411 e. The first-order chi connectivity index (χ1) is 11.1. The van der Waals surface area contributed by atoms with E-state index < -0.39 is 6.09 Å². The largest absolute Gasteiger partial charge is 0.411 e. The molecule has 0 radical (unpaired) electrons. The van der Waals surface area contributed by atoms with Gasteiger partial charge in [0.25, 0.3) is 0 Å². The Labute approximate surface area is 143 Å². The van der Waals surface area contributed by atoms with Gasteiger partial charge in [0.1, 0.15) is 10.0 Å². The van der Waals surface area contributed by atoms with Gasteiger partial charge in [0.15, 0.2) is 0 Å². The fourth-order valence-electron chi connectivity index (χ4n) is 1.78. The van der Waals surface area contributed by atoms with Crippen LogP contribution in [0.1, 0.15) is 10.7 Å². The molecule has 0 bridgehead atoms. The van der Waals surface area contributed by atoms with Gasteiger partial charge < -0.3 is 10.5 Å². The molecule has 0 aromatic carbocycles. The van der Waals surface area contributed by atoms with Crippen LogP contribution in [0.3, 0.4) is 0 Å². The Hall–Kier alpha value is -2.39. The van der Waals surface area contributed by atoms with E-state index in [0.717, 1.165) is 25.7 Å². The van der Waals surface area contributed by atoms with Crippen molar-refractivity contribution in [2.75, 3.05) is 0 Å². The number of rotatable bonds is 4. The first kappa shape index (κ1) is 15.5. The second-order valence-corrected chi connectivity index (χ2v) is 6.43. The minimum Gasteiger partial charge on any atom is -0.391 e. The molecule has 23 heavy (non-hydrogen) atoms. The lowest BCUT2D eigenvalue weighted by Gasteiger charge is -1.99. The fraction of sp³-hybridized carbons (Fsp3) is 0.0714. The number of hydrogen-bond acceptors (Lipinski definition) is 7. The molecule has 0 aliphatic heterocycles. The van der Waals surface area contributed by atoms with Gasteiger partial charge in [-0.15, -0.1) is 10.2 Å². The van der Waals surface area contributed by atoms with Crippen molar-refractivity contribution in [3.8, 4) is 16.5 Å². The van der Waals surface area contributed by atoms with Crippen molar-refractivity contribution in [1.29, 1.82) is 0 Å². The maximum atomic E-state index is 10.7. The summed E-state index contributed by atoms with van der Waals surface area (Å²) in [5, 5.41) is 9.90. The van der Waals surface area contributed by atoms with Crippen LogP contribution in [0.4, 0.5) is 4.79 Å². The number of pyridine rings is 2. The Morgan fingerprint density at radius 1 is 1.17 bits per heavy atom. The summed E-state index contributed by atoms with van der Waals surface area (Å²) in [5.74, 6) is 0.144. The Bertz CT molecular complexity index is 820. The second kappa shape index (κ2) is 6.80. The molecule has 0 atom stereocenters. The predicted octanol–water partition coefficient (Wildman–Crippen LogP) is 2.81. The Morgan fingerprint density at radius 3 is 2.70 bits per heavy atom. The summed E-state index contributed by atoms with van der Waals surface area (Å²) in [6.07, 6.45) is 3.02. The van der Waals surface area contributed by atoms with Gasteiger partial charge in [0.2, 0.25) is 5.88 Å². The number of carbonyl (C=O) groups is 1. The highest BCUT2D eigenvalue weighted by atomic mass is 79.9. The third-order valence-electron chi connectivity index (χ3n) is 2.78. The van der Waals surface area contributed by atoms with Crippen molar-refractivity contribution in [2.45, 2.75) is 6.42 Å². The molecule has 116 valence electrons. The normalized spacial score (nSPS) is 10.5. The van der Waals surface area contributed by atoms with E-state index in [4.69, 9.17) is 5.73 Å². The summed E-state index contributed by atoms with van der Waals surface area (Å²) in [6.45, 7) is 0. The van der Waals surface area contributed by atoms with Gasteiger partial charge in [-0.25, -0.2) is 9.78 Å². The van der Waals surface area contributed by atoms with E-state index in [0.29, 0.717) is 6.42 Å². The third kappa shape index (κ3) is 4.08. The number of amides is 1. The van der Waals surface area contributed by atoms with Crippen LogP contribution in [-0.2, 0) is 6.42 Å². The Morgan fingerprint density at radius 2 is 2.04 bits per heavy atom. The number of nitrogens with two attached hydrogens (primary N) is 1. The van der Waals surface area contributed by atoms with Crippen LogP contribution in [0, 0.1) is 0 Å². The van der Waals surface area contributed by atoms with E-state index >= 15 is 0 Å². The SMILES string of the molecule is NC(=O)Oc1ccc(-c2nnc(Cc3ccc(Br)cn3)s2)cn1. The minimum absolute atomic E-state index is 0.144. The molecule has 0 aliphatic carbocycles. The van der Waals surface area contributed by atoms with E-state index in [-0.39, 0.29) is 5.88 Å². The van der Waals surface area contributed by atoms with Crippen molar-refractivity contribution >= 4 is 33.4 Å². The second-order valence-electron chi connectivity index (χ2n) is 4.45. The monoisotopic (exact) mass is 391 g/mol. The number of nitrogens with zero attached hydrogens (tertiary/aromatic N) is 4. The number of halogens is 1. The van der Waals surface area contributed by atoms with Gasteiger partial charge in [0.05, 0.1) is 0 Å². The molecular formula is C14H10BrN5O2S. The molecule has 0 fully saturated rings. The van der Waals surface area contributed by atoms with E-state index in [1.807, 2.05) is 12.1 Å². The Balaban J connectivity index is 1.73. The molecule has 9 heteroatoms. The lowest BCUT2D eigenvalue weighted by atomic mass is 10.3. The summed E-state index contributed by atoms with van der Waals surface area (Å²) >= 11 is 4.81. The van der Waals surface area contributed by atoms with Crippen molar-refractivity contribution in [3.05, 3.63) is 51.8 Å². The summed E-state index contributed by atoms with van der Waals surface area (Å²) in [5.41, 5.74) is 6.63. The molecule has 3 aromatic rings. The predicted molar refractivity (Wildman–Crippen MR) is 88.1 cm³/mol. The zero-order chi connectivity index (χ0) is 16.2. The highest BCUT2D eigenvalue weighted by molar-refractivity contribution is 9.10. The zero-order valence-electron chi connectivity index (χ0n) is 11.6. The van der Waals surface area contributed by atoms with Gasteiger partial charge in [-0.2, -0.15) is 0 Å². The van der Waals surface area contributed by atoms with Crippen molar-refractivity contribution < 1.29 is 9.53 Å². The van der Waals surface area contributed by atoms with E-state index in [2.05, 4.69) is 40.8 Å². The molecule has 3 aromatic heterocycles. The van der Waals surface area contributed by atoms with Gasteiger partial charge in [-0.3, -0.25) is 4.98 Å². The molecule has 0 unspecified atom stereocenters. The smallest absolute Gasteiger partial charge is 0.391 e. The zero-order valence-corrected chi connectivity index (χ0v) is 14.0. The lowest BCUT2D eigenvalue weighted by molar-refractivity contribution is 0.209. The molecule has 0 saturated carbocycles. The van der Waals surface area contributed by atoms with Crippen molar-refractivity contribution in [2.24, 2.45) is 5.73 Å². The number of ether oxygens (including phenoxy) is 1. The van der Waals surface area contributed by atoms with Crippen LogP contribution in [0.2, 0.25) is 0 Å². The van der Waals surface area contributed by atoms with E-state index in [9.17, 15) is 4.79 Å². The summed E-state index contributed by atoms with van der Waals surface area (Å²) in [7, 11) is 0. The van der Waals surface area contributed by atoms with Gasteiger partial charge in [-0.05, 0) is 34.1 Å². The summed E-state index contributed by atoms with van der Waals surface area (Å²) in [6, 6.07) is 7.17. The van der Waals surface area contributed by atoms with Gasteiger partial charge in [0, 0.05) is 40.6 Å². The van der Waals surface area contributed by atoms with Crippen LogP contribution in [0.15, 0.2) is 41.1 Å². The van der Waals surface area contributed by atoms with Crippen LogP contribution in [0.25, 0.3) is 10.6 Å². The van der Waals surface area contributed by atoms with Gasteiger partial charge in [-0.1, -0.05) is 11.3 Å². The molecule has 0 saturated heterocycles. The number of carbonyl (C=O) groups excluding carboxylic acids is 1. The van der Waals surface area contributed by atoms with Crippen molar-refractivity contribution in [1.82, 2.24) is 20.2 Å². The van der Waals surface area contributed by atoms with Crippen LogP contribution < -0.4 is 10.5 Å². The quantitative estimate of drug-likeness (QED) is 0.732. The first-order valence-electron chi connectivity index (χ1n) is 6.46. The summed E-state index contributed by atoms with van der Waals surface area (Å²) < 4.78 is 5.62. The molecule has 3 rings (SSSR count). The fourth-order valence-corrected chi connectivity index (χ4v) is 2.86. The molecular weight excluding hydrogens is 382 g/mol. The third-order valence-corrected chi connectivity index (χ3v) is 4.22. The summed E-state index contributed by atoms with van der Waals surface area (Å²) in [4.78, 5) is 19.0. The molecule has 3 heterocycles. The molecule has 0 spiro atoms. The molecule has 2 N–H and O–H groups in total. The highest BCUT2D eigenvalue weighted by Gasteiger charge is 2.09. The average molecular weight is 392 g/mol. The van der Waals surface area contributed by atoms with Crippen LogP contribution in [0.5, 0.6) is 5.88 Å². The molecule has 0 aliphatic rings. The number of hydrogen-bond donors (Lipinski definition) is 1. The van der Waals surface area contributed by atoms with E-state index in [1.54, 1.807) is 24.5 Å².